The normalized spacial score (nSPS) is 23.8. The lowest BCUT2D eigenvalue weighted by molar-refractivity contribution is -0.133. The fourth-order valence-corrected chi connectivity index (χ4v) is 5.48. The number of hydrogen-bond acceptors (Lipinski definition) is 5. The van der Waals surface area contributed by atoms with Gasteiger partial charge >= 0.3 is 0 Å². The van der Waals surface area contributed by atoms with Crippen molar-refractivity contribution in [2.24, 2.45) is 11.8 Å². The molecule has 6 rings (SSSR count). The van der Waals surface area contributed by atoms with E-state index in [0.29, 0.717) is 18.5 Å². The third kappa shape index (κ3) is 5.54. The van der Waals surface area contributed by atoms with E-state index in [1.165, 1.54) is 5.56 Å². The lowest BCUT2D eigenvalue weighted by Gasteiger charge is -2.49. The molecule has 3 aliphatic rings. The van der Waals surface area contributed by atoms with Crippen LogP contribution in [0.25, 0.3) is 0 Å². The summed E-state index contributed by atoms with van der Waals surface area (Å²) in [5.74, 6) is 0.735. The molecule has 1 aromatic heterocycles. The standard InChI is InChI=1S/C27H34N6O/c1-31(16-22-10-6-3-7-11-22)17-24-18-33(30-29-24)19-25-14-23-12-13-32(25)20-26(23)27(34)28-15-21-8-4-2-5-9-21/h2-11,18,23,25-26H,12-17,19-20H2,1H3,(H,28,34). The molecule has 3 fully saturated rings. The molecule has 1 N–H and O–H groups in total. The molecular formula is C27H34N6O. The molecule has 0 saturated carbocycles. The Morgan fingerprint density at radius 3 is 2.50 bits per heavy atom. The Morgan fingerprint density at radius 1 is 1.06 bits per heavy atom. The number of nitrogens with one attached hydrogen (secondary N) is 1. The van der Waals surface area contributed by atoms with Crippen molar-refractivity contribution >= 4 is 5.91 Å². The van der Waals surface area contributed by atoms with Gasteiger partial charge in [-0.2, -0.15) is 0 Å². The van der Waals surface area contributed by atoms with Crippen LogP contribution in [-0.2, 0) is 31.0 Å². The molecule has 4 unspecified atom stereocenters. The molecule has 7 nitrogen and oxygen atoms in total. The first-order chi connectivity index (χ1) is 16.6. The second-order valence-corrected chi connectivity index (χ2v) is 9.83. The quantitative estimate of drug-likeness (QED) is 0.534. The maximum atomic E-state index is 12.9. The van der Waals surface area contributed by atoms with Gasteiger partial charge in [0.1, 0.15) is 0 Å². The SMILES string of the molecule is CN(Cc1ccccc1)Cc1cn(CC2CC3CCN2CC3C(=O)NCc2ccccc2)nn1. The molecule has 0 radical (unpaired) electrons. The molecule has 4 heterocycles. The molecule has 0 spiro atoms. The second-order valence-electron chi connectivity index (χ2n) is 9.83. The number of aromatic nitrogens is 3. The van der Waals surface area contributed by atoms with Crippen LogP contribution in [0.1, 0.15) is 29.7 Å². The van der Waals surface area contributed by atoms with Gasteiger partial charge in [0, 0.05) is 38.4 Å². The van der Waals surface area contributed by atoms with Crippen molar-refractivity contribution in [3.63, 3.8) is 0 Å². The van der Waals surface area contributed by atoms with E-state index < -0.39 is 0 Å². The first-order valence-electron chi connectivity index (χ1n) is 12.3. The zero-order valence-corrected chi connectivity index (χ0v) is 19.9. The summed E-state index contributed by atoms with van der Waals surface area (Å²) >= 11 is 0. The Bertz CT molecular complexity index is 1070. The first-order valence-corrected chi connectivity index (χ1v) is 12.3. The Balaban J connectivity index is 1.11. The van der Waals surface area contributed by atoms with E-state index in [4.69, 9.17) is 0 Å². The van der Waals surface area contributed by atoms with E-state index in [0.717, 1.165) is 56.8 Å². The Labute approximate surface area is 201 Å². The van der Waals surface area contributed by atoms with Crippen LogP contribution in [0.5, 0.6) is 0 Å². The number of piperidine rings is 3. The number of benzene rings is 2. The maximum absolute atomic E-state index is 12.9. The minimum atomic E-state index is 0.0895. The molecule has 1 amide bonds. The van der Waals surface area contributed by atoms with Crippen LogP contribution in [0, 0.1) is 11.8 Å². The molecule has 7 heteroatoms. The van der Waals surface area contributed by atoms with Crippen LogP contribution in [0.2, 0.25) is 0 Å². The topological polar surface area (TPSA) is 66.3 Å². The molecule has 178 valence electrons. The van der Waals surface area contributed by atoms with Crippen LogP contribution in [0.3, 0.4) is 0 Å². The second kappa shape index (κ2) is 10.5. The lowest BCUT2D eigenvalue weighted by atomic mass is 9.75. The van der Waals surface area contributed by atoms with Gasteiger partial charge < -0.3 is 5.32 Å². The highest BCUT2D eigenvalue weighted by atomic mass is 16.1. The van der Waals surface area contributed by atoms with Crippen molar-refractivity contribution in [3.05, 3.63) is 83.7 Å². The summed E-state index contributed by atoms with van der Waals surface area (Å²) in [6.07, 6.45) is 4.23. The van der Waals surface area contributed by atoms with Gasteiger partial charge in [0.25, 0.3) is 0 Å². The Kier molecular flexibility index (Phi) is 7.02. The summed E-state index contributed by atoms with van der Waals surface area (Å²) in [6.45, 7) is 5.02. The zero-order chi connectivity index (χ0) is 23.3. The highest BCUT2D eigenvalue weighted by Gasteiger charge is 2.43. The highest BCUT2D eigenvalue weighted by Crippen LogP contribution is 2.37. The number of rotatable bonds is 9. The van der Waals surface area contributed by atoms with Crippen LogP contribution in [-0.4, -0.2) is 56.9 Å². The summed E-state index contributed by atoms with van der Waals surface area (Å²) in [7, 11) is 2.11. The van der Waals surface area contributed by atoms with E-state index in [1.807, 2.05) is 28.9 Å². The summed E-state index contributed by atoms with van der Waals surface area (Å²) in [5, 5.41) is 12.0. The van der Waals surface area contributed by atoms with Crippen molar-refractivity contribution in [3.8, 4) is 0 Å². The van der Waals surface area contributed by atoms with Gasteiger partial charge in [-0.25, -0.2) is 0 Å². The van der Waals surface area contributed by atoms with Crippen LogP contribution in [0.4, 0.5) is 0 Å². The maximum Gasteiger partial charge on any atom is 0.224 e. The number of amides is 1. The van der Waals surface area contributed by atoms with E-state index in [2.05, 4.69) is 75.1 Å². The number of nitrogens with zero attached hydrogens (tertiary/aromatic N) is 5. The summed E-state index contributed by atoms with van der Waals surface area (Å²) in [4.78, 5) is 17.6. The van der Waals surface area contributed by atoms with Crippen molar-refractivity contribution < 1.29 is 4.79 Å². The van der Waals surface area contributed by atoms with Crippen molar-refractivity contribution in [2.75, 3.05) is 20.1 Å². The monoisotopic (exact) mass is 458 g/mol. The van der Waals surface area contributed by atoms with Crippen LogP contribution >= 0.6 is 0 Å². The van der Waals surface area contributed by atoms with Gasteiger partial charge in [-0.05, 0) is 43.5 Å². The minimum absolute atomic E-state index is 0.0895. The molecule has 2 bridgehead atoms. The van der Waals surface area contributed by atoms with E-state index in [1.54, 1.807) is 0 Å². The summed E-state index contributed by atoms with van der Waals surface area (Å²) < 4.78 is 1.99. The van der Waals surface area contributed by atoms with Gasteiger partial charge in [-0.3, -0.25) is 19.3 Å². The summed E-state index contributed by atoms with van der Waals surface area (Å²) in [6, 6.07) is 21.0. The molecule has 3 aromatic rings. The van der Waals surface area contributed by atoms with Gasteiger partial charge in [-0.1, -0.05) is 65.9 Å². The molecule has 34 heavy (non-hydrogen) atoms. The van der Waals surface area contributed by atoms with E-state index in [-0.39, 0.29) is 11.8 Å². The molecule has 4 atom stereocenters. The number of fused-ring (bicyclic) bond motifs is 3. The fraction of sp³-hybridized carbons (Fsp3) is 0.444. The van der Waals surface area contributed by atoms with Crippen molar-refractivity contribution in [1.29, 1.82) is 0 Å². The molecule has 3 aliphatic heterocycles. The number of carbonyl (C=O) groups is 1. The summed E-state index contributed by atoms with van der Waals surface area (Å²) in [5.41, 5.74) is 3.43. The molecular weight excluding hydrogens is 424 g/mol. The fourth-order valence-electron chi connectivity index (χ4n) is 5.48. The van der Waals surface area contributed by atoms with Crippen LogP contribution in [0.15, 0.2) is 66.9 Å². The van der Waals surface area contributed by atoms with E-state index in [9.17, 15) is 4.79 Å². The van der Waals surface area contributed by atoms with Gasteiger partial charge in [-0.15, -0.1) is 5.10 Å². The van der Waals surface area contributed by atoms with Gasteiger partial charge in [0.2, 0.25) is 5.91 Å². The molecule has 2 aromatic carbocycles. The van der Waals surface area contributed by atoms with Crippen LogP contribution < -0.4 is 5.32 Å². The van der Waals surface area contributed by atoms with Crippen molar-refractivity contribution in [2.45, 2.75) is 45.1 Å². The first kappa shape index (κ1) is 22.7. The number of hydrogen-bond donors (Lipinski definition) is 1. The largest absolute Gasteiger partial charge is 0.352 e. The average Bonchev–Trinajstić information content (AvgIpc) is 3.30. The predicted octanol–water partition coefficient (Wildman–Crippen LogP) is 2.94. The average molecular weight is 459 g/mol. The third-order valence-corrected chi connectivity index (χ3v) is 7.24. The molecule has 3 saturated heterocycles. The highest BCUT2D eigenvalue weighted by molar-refractivity contribution is 5.79. The zero-order valence-electron chi connectivity index (χ0n) is 19.9. The smallest absolute Gasteiger partial charge is 0.224 e. The van der Waals surface area contributed by atoms with E-state index >= 15 is 0 Å². The molecule has 0 aliphatic carbocycles. The third-order valence-electron chi connectivity index (χ3n) is 7.24. The Morgan fingerprint density at radius 2 is 1.79 bits per heavy atom. The van der Waals surface area contributed by atoms with Gasteiger partial charge in [0.05, 0.1) is 18.2 Å². The minimum Gasteiger partial charge on any atom is -0.352 e. The predicted molar refractivity (Wildman–Crippen MR) is 131 cm³/mol. The lowest BCUT2D eigenvalue weighted by Crippen LogP contribution is -2.58. The van der Waals surface area contributed by atoms with Gasteiger partial charge in [0.15, 0.2) is 0 Å². The Hall–Kier alpha value is -3.03. The van der Waals surface area contributed by atoms with Crippen molar-refractivity contribution in [1.82, 2.24) is 30.1 Å². The number of carbonyl (C=O) groups excluding carboxylic acids is 1.